The lowest BCUT2D eigenvalue weighted by Gasteiger charge is -2.09. The molecule has 0 aliphatic carbocycles. The highest BCUT2D eigenvalue weighted by Gasteiger charge is 2.16. The Hall–Kier alpha value is -1.46. The van der Waals surface area contributed by atoms with E-state index in [1.807, 2.05) is 0 Å². The van der Waals surface area contributed by atoms with Gasteiger partial charge in [0.15, 0.2) is 0 Å². The molecule has 2 rings (SSSR count). The molecule has 0 amide bonds. The van der Waals surface area contributed by atoms with Crippen LogP contribution < -0.4 is 0 Å². The third-order valence-corrected chi connectivity index (χ3v) is 2.60. The molecule has 1 aliphatic heterocycles. The molecule has 1 fully saturated rings. The first-order valence-corrected chi connectivity index (χ1v) is 5.52. The summed E-state index contributed by atoms with van der Waals surface area (Å²) in [5.74, 6) is -0.380. The fourth-order valence-electron chi connectivity index (χ4n) is 1.60. The van der Waals surface area contributed by atoms with E-state index >= 15 is 0 Å². The fraction of sp³-hybridized carbons (Fsp3) is 0.500. The van der Waals surface area contributed by atoms with E-state index in [2.05, 4.69) is 9.72 Å². The Morgan fingerprint density at radius 1 is 1.59 bits per heavy atom. The molecule has 1 unspecified atom stereocenters. The van der Waals surface area contributed by atoms with Gasteiger partial charge in [0.1, 0.15) is 0 Å². The van der Waals surface area contributed by atoms with E-state index in [0.717, 1.165) is 18.7 Å². The molecule has 1 aliphatic rings. The normalized spacial score (nSPS) is 19.2. The predicted molar refractivity (Wildman–Crippen MR) is 59.6 cm³/mol. The molecule has 1 aromatic heterocycles. The quantitative estimate of drug-likeness (QED) is 0.736. The molecular formula is C12H15NO4. The molecule has 5 nitrogen and oxygen atoms in total. The molecule has 0 radical (unpaired) electrons. The Labute approximate surface area is 99.7 Å². The third kappa shape index (κ3) is 3.25. The summed E-state index contributed by atoms with van der Waals surface area (Å²) in [6.07, 6.45) is 2.59. The molecule has 1 aromatic rings. The van der Waals surface area contributed by atoms with E-state index in [-0.39, 0.29) is 12.1 Å². The molecule has 0 saturated carbocycles. The summed E-state index contributed by atoms with van der Waals surface area (Å²) in [7, 11) is 1.35. The first kappa shape index (κ1) is 12.0. The lowest BCUT2D eigenvalue weighted by molar-refractivity contribution is 0.0301. The summed E-state index contributed by atoms with van der Waals surface area (Å²) in [6, 6.07) is 3.45. The minimum atomic E-state index is -0.380. The first-order valence-electron chi connectivity index (χ1n) is 5.52. The summed E-state index contributed by atoms with van der Waals surface area (Å²) < 4.78 is 15.4. The van der Waals surface area contributed by atoms with Gasteiger partial charge in [-0.1, -0.05) is 0 Å². The molecule has 2 heterocycles. The van der Waals surface area contributed by atoms with Gasteiger partial charge in [0, 0.05) is 12.8 Å². The molecule has 0 spiro atoms. The van der Waals surface area contributed by atoms with Gasteiger partial charge in [-0.2, -0.15) is 0 Å². The third-order valence-electron chi connectivity index (χ3n) is 2.60. The number of rotatable bonds is 4. The van der Waals surface area contributed by atoms with Crippen LogP contribution in [0, 0.1) is 0 Å². The lowest BCUT2D eigenvalue weighted by Crippen LogP contribution is -2.12. The SMILES string of the molecule is COC(=O)c1ccc(COC2CCOC2)nc1. The van der Waals surface area contributed by atoms with Gasteiger partial charge in [-0.15, -0.1) is 0 Å². The Balaban J connectivity index is 1.87. The predicted octanol–water partition coefficient (Wildman–Crippen LogP) is 1.17. The molecule has 5 heteroatoms. The van der Waals surface area contributed by atoms with Crippen LogP contribution in [0.3, 0.4) is 0 Å². The average Bonchev–Trinajstić information content (AvgIpc) is 2.89. The summed E-state index contributed by atoms with van der Waals surface area (Å²) in [5.41, 5.74) is 1.24. The molecule has 0 bridgehead atoms. The van der Waals surface area contributed by atoms with Crippen LogP contribution in [0.15, 0.2) is 18.3 Å². The number of methoxy groups -OCH3 is 1. The maximum absolute atomic E-state index is 11.2. The largest absolute Gasteiger partial charge is 0.465 e. The van der Waals surface area contributed by atoms with Crippen molar-refractivity contribution in [3.63, 3.8) is 0 Å². The Bertz CT molecular complexity index is 371. The summed E-state index contributed by atoms with van der Waals surface area (Å²) in [6.45, 7) is 1.86. The van der Waals surface area contributed by atoms with Gasteiger partial charge in [-0.05, 0) is 18.6 Å². The van der Waals surface area contributed by atoms with Crippen molar-refractivity contribution in [3.05, 3.63) is 29.6 Å². The van der Waals surface area contributed by atoms with E-state index in [4.69, 9.17) is 9.47 Å². The molecule has 1 atom stereocenters. The highest BCUT2D eigenvalue weighted by molar-refractivity contribution is 5.88. The second-order valence-electron chi connectivity index (χ2n) is 3.83. The van der Waals surface area contributed by atoms with Crippen LogP contribution in [0.2, 0.25) is 0 Å². The van der Waals surface area contributed by atoms with Crippen molar-refractivity contribution in [2.45, 2.75) is 19.1 Å². The van der Waals surface area contributed by atoms with Crippen molar-refractivity contribution in [1.82, 2.24) is 4.98 Å². The van der Waals surface area contributed by atoms with Crippen LogP contribution in [0.5, 0.6) is 0 Å². The zero-order chi connectivity index (χ0) is 12.1. The summed E-state index contributed by atoms with van der Waals surface area (Å²) in [5, 5.41) is 0. The minimum absolute atomic E-state index is 0.164. The Morgan fingerprint density at radius 3 is 3.06 bits per heavy atom. The number of aromatic nitrogens is 1. The standard InChI is InChI=1S/C12H15NO4/c1-15-12(14)9-2-3-10(13-6-9)7-17-11-4-5-16-8-11/h2-3,6,11H,4-5,7-8H2,1H3. The van der Waals surface area contributed by atoms with Crippen molar-refractivity contribution < 1.29 is 19.0 Å². The zero-order valence-electron chi connectivity index (χ0n) is 9.72. The maximum Gasteiger partial charge on any atom is 0.339 e. The molecule has 0 aromatic carbocycles. The topological polar surface area (TPSA) is 57.7 Å². The second kappa shape index (κ2) is 5.75. The number of hydrogen-bond donors (Lipinski definition) is 0. The molecule has 0 N–H and O–H groups in total. The number of ether oxygens (including phenoxy) is 3. The Kier molecular flexibility index (Phi) is 4.06. The maximum atomic E-state index is 11.2. The van der Waals surface area contributed by atoms with E-state index < -0.39 is 0 Å². The van der Waals surface area contributed by atoms with Gasteiger partial charge >= 0.3 is 5.97 Å². The smallest absolute Gasteiger partial charge is 0.339 e. The van der Waals surface area contributed by atoms with Gasteiger partial charge in [0.05, 0.1) is 37.7 Å². The fourth-order valence-corrected chi connectivity index (χ4v) is 1.60. The van der Waals surface area contributed by atoms with Crippen LogP contribution in [-0.4, -0.2) is 37.4 Å². The van der Waals surface area contributed by atoms with Crippen LogP contribution >= 0.6 is 0 Å². The number of carbonyl (C=O) groups excluding carboxylic acids is 1. The van der Waals surface area contributed by atoms with Crippen LogP contribution in [0.4, 0.5) is 0 Å². The van der Waals surface area contributed by atoms with Crippen molar-refractivity contribution in [2.24, 2.45) is 0 Å². The van der Waals surface area contributed by atoms with Gasteiger partial charge in [0.25, 0.3) is 0 Å². The molecular weight excluding hydrogens is 222 g/mol. The summed E-state index contributed by atoms with van der Waals surface area (Å²) in [4.78, 5) is 15.3. The van der Waals surface area contributed by atoms with Crippen molar-refractivity contribution in [2.75, 3.05) is 20.3 Å². The van der Waals surface area contributed by atoms with Gasteiger partial charge in [-0.25, -0.2) is 4.79 Å². The second-order valence-corrected chi connectivity index (χ2v) is 3.83. The van der Waals surface area contributed by atoms with Crippen LogP contribution in [-0.2, 0) is 20.8 Å². The minimum Gasteiger partial charge on any atom is -0.465 e. The highest BCUT2D eigenvalue weighted by atomic mass is 16.5. The number of esters is 1. The number of carbonyl (C=O) groups is 1. The van der Waals surface area contributed by atoms with Crippen LogP contribution in [0.1, 0.15) is 22.5 Å². The van der Waals surface area contributed by atoms with Crippen molar-refractivity contribution >= 4 is 5.97 Å². The molecule has 17 heavy (non-hydrogen) atoms. The Morgan fingerprint density at radius 2 is 2.47 bits per heavy atom. The van der Waals surface area contributed by atoms with E-state index in [9.17, 15) is 4.79 Å². The van der Waals surface area contributed by atoms with E-state index in [1.54, 1.807) is 12.1 Å². The van der Waals surface area contributed by atoms with Gasteiger partial charge in [0.2, 0.25) is 0 Å². The number of hydrogen-bond acceptors (Lipinski definition) is 5. The average molecular weight is 237 g/mol. The monoisotopic (exact) mass is 237 g/mol. The summed E-state index contributed by atoms with van der Waals surface area (Å²) >= 11 is 0. The van der Waals surface area contributed by atoms with Crippen LogP contribution in [0.25, 0.3) is 0 Å². The molecule has 1 saturated heterocycles. The lowest BCUT2D eigenvalue weighted by atomic mass is 10.2. The van der Waals surface area contributed by atoms with Crippen molar-refractivity contribution in [1.29, 1.82) is 0 Å². The number of pyridine rings is 1. The highest BCUT2D eigenvalue weighted by Crippen LogP contribution is 2.11. The van der Waals surface area contributed by atoms with Gasteiger partial charge in [-0.3, -0.25) is 4.98 Å². The number of nitrogens with zero attached hydrogens (tertiary/aromatic N) is 1. The molecule has 92 valence electrons. The van der Waals surface area contributed by atoms with E-state index in [0.29, 0.717) is 18.8 Å². The zero-order valence-corrected chi connectivity index (χ0v) is 9.72. The van der Waals surface area contributed by atoms with E-state index in [1.165, 1.54) is 13.3 Å². The first-order chi connectivity index (χ1) is 8.29. The van der Waals surface area contributed by atoms with Crippen molar-refractivity contribution in [3.8, 4) is 0 Å². The van der Waals surface area contributed by atoms with Gasteiger partial charge < -0.3 is 14.2 Å².